The number of nitrogens with zero attached hydrogens (tertiary/aromatic N) is 4. The molecule has 2 unspecified atom stereocenters. The van der Waals surface area contributed by atoms with Crippen molar-refractivity contribution in [3.05, 3.63) is 77.3 Å². The van der Waals surface area contributed by atoms with E-state index in [0.29, 0.717) is 30.1 Å². The third-order valence-electron chi connectivity index (χ3n) is 9.21. The maximum absolute atomic E-state index is 13.7. The Bertz CT molecular complexity index is 1490. The summed E-state index contributed by atoms with van der Waals surface area (Å²) >= 11 is 0. The monoisotopic (exact) mass is 566 g/mol. The van der Waals surface area contributed by atoms with Crippen molar-refractivity contribution in [3.63, 3.8) is 0 Å². The van der Waals surface area contributed by atoms with Crippen LogP contribution in [0.1, 0.15) is 82.9 Å². The van der Waals surface area contributed by atoms with Crippen molar-refractivity contribution in [2.75, 3.05) is 11.9 Å². The lowest BCUT2D eigenvalue weighted by atomic mass is 9.80. The van der Waals surface area contributed by atoms with Gasteiger partial charge in [0.25, 0.3) is 5.91 Å². The zero-order valence-electron chi connectivity index (χ0n) is 24.4. The molecule has 6 rings (SSSR count). The van der Waals surface area contributed by atoms with Gasteiger partial charge in [0, 0.05) is 24.0 Å². The van der Waals surface area contributed by atoms with Crippen LogP contribution < -0.4 is 10.6 Å². The van der Waals surface area contributed by atoms with Crippen LogP contribution >= 0.6 is 0 Å². The van der Waals surface area contributed by atoms with E-state index in [2.05, 4.69) is 26.7 Å². The molecule has 2 saturated carbocycles. The zero-order valence-corrected chi connectivity index (χ0v) is 24.4. The highest BCUT2D eigenvalue weighted by molar-refractivity contribution is 6.46. The van der Waals surface area contributed by atoms with E-state index in [4.69, 9.17) is 4.99 Å². The SMILES string of the molecule is CC=C1CC2(CC1=CC(C)NC(=O)CN1C(=O)C(c3ccccn3)=NC13CCCCCCC3)C(=O)Nc1ncccc12. The van der Waals surface area contributed by atoms with Crippen molar-refractivity contribution < 1.29 is 14.4 Å². The molecule has 2 atom stereocenters. The highest BCUT2D eigenvalue weighted by Gasteiger charge is 2.52. The molecule has 2 aromatic rings. The minimum atomic E-state index is -0.712. The maximum atomic E-state index is 13.7. The number of amides is 3. The molecule has 2 aliphatic heterocycles. The van der Waals surface area contributed by atoms with E-state index in [1.807, 2.05) is 44.2 Å². The lowest BCUT2D eigenvalue weighted by Crippen LogP contribution is -2.52. The van der Waals surface area contributed by atoms with Gasteiger partial charge in [-0.05, 0) is 81.7 Å². The van der Waals surface area contributed by atoms with E-state index in [1.165, 1.54) is 6.42 Å². The van der Waals surface area contributed by atoms with E-state index < -0.39 is 11.1 Å². The third kappa shape index (κ3) is 4.95. The van der Waals surface area contributed by atoms with Crippen molar-refractivity contribution >= 4 is 29.3 Å². The molecular weight excluding hydrogens is 528 g/mol. The summed E-state index contributed by atoms with van der Waals surface area (Å²) in [5, 5.41) is 6.05. The quantitative estimate of drug-likeness (QED) is 0.548. The Morgan fingerprint density at radius 2 is 1.76 bits per heavy atom. The second-order valence-electron chi connectivity index (χ2n) is 12.0. The van der Waals surface area contributed by atoms with Gasteiger partial charge in [0.1, 0.15) is 18.0 Å². The fraction of sp³-hybridized carbons (Fsp3) is 0.455. The van der Waals surface area contributed by atoms with E-state index >= 15 is 0 Å². The Labute approximate surface area is 246 Å². The molecule has 0 aromatic carbocycles. The summed E-state index contributed by atoms with van der Waals surface area (Å²) in [5.74, 6) is 0.140. The van der Waals surface area contributed by atoms with Crippen LogP contribution in [0.3, 0.4) is 0 Å². The first-order valence-electron chi connectivity index (χ1n) is 15.1. The van der Waals surface area contributed by atoms with Gasteiger partial charge in [0.05, 0.1) is 11.1 Å². The predicted octanol–water partition coefficient (Wildman–Crippen LogP) is 4.61. The second kappa shape index (κ2) is 11.3. The lowest BCUT2D eigenvalue weighted by Gasteiger charge is -2.37. The van der Waals surface area contributed by atoms with Gasteiger partial charge < -0.3 is 15.5 Å². The van der Waals surface area contributed by atoms with Crippen LogP contribution in [-0.4, -0.2) is 56.6 Å². The first kappa shape index (κ1) is 28.0. The molecule has 2 aliphatic carbocycles. The summed E-state index contributed by atoms with van der Waals surface area (Å²) in [4.78, 5) is 55.8. The number of rotatable bonds is 5. The minimum absolute atomic E-state index is 0.0311. The van der Waals surface area contributed by atoms with Crippen LogP contribution in [0.15, 0.2) is 71.0 Å². The topological polar surface area (TPSA) is 117 Å². The number of aliphatic imine (C=N–C) groups is 1. The molecule has 42 heavy (non-hydrogen) atoms. The fourth-order valence-corrected chi connectivity index (χ4v) is 7.15. The van der Waals surface area contributed by atoms with Crippen molar-refractivity contribution in [2.45, 2.75) is 88.8 Å². The van der Waals surface area contributed by atoms with Gasteiger partial charge in [-0.2, -0.15) is 0 Å². The standard InChI is InChI=1S/C33H38N6O3/c1-3-23-19-32(25-12-11-17-35-29(25)37-31(32)42)20-24(23)18-22(2)36-27(40)21-39-30(41)28(26-13-7-10-16-34-26)38-33(39)14-8-5-4-6-9-15-33/h3,7,10-13,16-18,22H,4-6,8-9,14-15,19-21H2,1-2H3,(H,36,40)(H,35,37,42). The van der Waals surface area contributed by atoms with Gasteiger partial charge in [0.2, 0.25) is 11.8 Å². The van der Waals surface area contributed by atoms with Crippen molar-refractivity contribution in [2.24, 2.45) is 4.99 Å². The zero-order chi connectivity index (χ0) is 29.3. The van der Waals surface area contributed by atoms with Crippen LogP contribution in [0.2, 0.25) is 0 Å². The highest BCUT2D eigenvalue weighted by Crippen LogP contribution is 2.52. The number of aromatic nitrogens is 2. The third-order valence-corrected chi connectivity index (χ3v) is 9.21. The summed E-state index contributed by atoms with van der Waals surface area (Å²) in [7, 11) is 0. The van der Waals surface area contributed by atoms with Crippen LogP contribution in [0.25, 0.3) is 0 Å². The Balaban J connectivity index is 1.20. The number of hydrogen-bond donors (Lipinski definition) is 2. The summed E-state index contributed by atoms with van der Waals surface area (Å²) in [6, 6.07) is 9.02. The lowest BCUT2D eigenvalue weighted by molar-refractivity contribution is -0.135. The molecular formula is C33H38N6O3. The predicted molar refractivity (Wildman–Crippen MR) is 161 cm³/mol. The van der Waals surface area contributed by atoms with E-state index in [9.17, 15) is 14.4 Å². The minimum Gasteiger partial charge on any atom is -0.349 e. The first-order chi connectivity index (χ1) is 20.3. The Kier molecular flexibility index (Phi) is 7.51. The number of anilines is 1. The Hall–Kier alpha value is -4.14. The number of pyridine rings is 2. The van der Waals surface area contributed by atoms with Crippen molar-refractivity contribution in [1.29, 1.82) is 0 Å². The van der Waals surface area contributed by atoms with E-state index in [0.717, 1.165) is 55.2 Å². The molecule has 9 heteroatoms. The molecule has 0 bridgehead atoms. The maximum Gasteiger partial charge on any atom is 0.276 e. The van der Waals surface area contributed by atoms with Crippen molar-refractivity contribution in [1.82, 2.24) is 20.2 Å². The number of hydrogen-bond acceptors (Lipinski definition) is 6. The van der Waals surface area contributed by atoms with Crippen LogP contribution in [-0.2, 0) is 19.8 Å². The second-order valence-corrected chi connectivity index (χ2v) is 12.0. The molecule has 218 valence electrons. The van der Waals surface area contributed by atoms with Gasteiger partial charge >= 0.3 is 0 Å². The summed E-state index contributed by atoms with van der Waals surface area (Å²) < 4.78 is 0. The molecule has 0 saturated heterocycles. The summed E-state index contributed by atoms with van der Waals surface area (Å²) in [6.07, 6.45) is 15.4. The number of nitrogens with one attached hydrogen (secondary N) is 2. The number of carbonyl (C=O) groups is 3. The van der Waals surface area contributed by atoms with Crippen molar-refractivity contribution in [3.8, 4) is 0 Å². The summed E-state index contributed by atoms with van der Waals surface area (Å²) in [6.45, 7) is 3.85. The molecule has 2 spiro atoms. The fourth-order valence-electron chi connectivity index (χ4n) is 7.15. The average Bonchev–Trinajstić information content (AvgIpc) is 3.57. The molecule has 2 aromatic heterocycles. The smallest absolute Gasteiger partial charge is 0.276 e. The number of allylic oxidation sites excluding steroid dienone is 3. The largest absolute Gasteiger partial charge is 0.349 e. The molecule has 0 radical (unpaired) electrons. The molecule has 3 amide bonds. The Morgan fingerprint density at radius 1 is 1.02 bits per heavy atom. The van der Waals surface area contributed by atoms with Crippen LogP contribution in [0.4, 0.5) is 5.82 Å². The van der Waals surface area contributed by atoms with Gasteiger partial charge in [-0.1, -0.05) is 43.5 Å². The number of fused-ring (bicyclic) bond motifs is 2. The normalized spacial score (nSPS) is 25.9. The Morgan fingerprint density at radius 3 is 2.50 bits per heavy atom. The first-order valence-corrected chi connectivity index (χ1v) is 15.1. The molecule has 2 N–H and O–H groups in total. The van der Waals surface area contributed by atoms with Crippen LogP contribution in [0.5, 0.6) is 0 Å². The van der Waals surface area contributed by atoms with E-state index in [-0.39, 0.29) is 30.3 Å². The highest BCUT2D eigenvalue weighted by atomic mass is 16.2. The molecule has 2 fully saturated rings. The molecule has 4 aliphatic rings. The van der Waals surface area contributed by atoms with Gasteiger partial charge in [-0.25, -0.2) is 9.98 Å². The van der Waals surface area contributed by atoms with E-state index in [1.54, 1.807) is 23.4 Å². The molecule has 9 nitrogen and oxygen atoms in total. The van der Waals surface area contributed by atoms with Gasteiger partial charge in [-0.15, -0.1) is 0 Å². The van der Waals surface area contributed by atoms with Crippen LogP contribution in [0, 0.1) is 0 Å². The van der Waals surface area contributed by atoms with Gasteiger partial charge in [-0.3, -0.25) is 19.4 Å². The average molecular weight is 567 g/mol. The summed E-state index contributed by atoms with van der Waals surface area (Å²) in [5.41, 5.74) is 2.58. The number of carbonyl (C=O) groups excluding carboxylic acids is 3. The molecule has 4 heterocycles. The van der Waals surface area contributed by atoms with Gasteiger partial charge in [0.15, 0.2) is 5.71 Å².